The number of methoxy groups -OCH3 is 1. The molecule has 0 radical (unpaired) electrons. The number of aryl methyl sites for hydroxylation is 1. The average molecular weight is 425 g/mol. The number of hydrogen-bond acceptors (Lipinski definition) is 4. The largest absolute Gasteiger partial charge is 0.497 e. The van der Waals surface area contributed by atoms with Gasteiger partial charge in [0, 0.05) is 33.4 Å². The number of aromatic nitrogens is 1. The van der Waals surface area contributed by atoms with Crippen molar-refractivity contribution in [3.05, 3.63) is 76.6 Å². The normalized spacial score (nSPS) is 15.2. The van der Waals surface area contributed by atoms with Crippen LogP contribution >= 0.6 is 23.4 Å². The van der Waals surface area contributed by atoms with Crippen LogP contribution in [0.3, 0.4) is 0 Å². The number of halogens is 1. The van der Waals surface area contributed by atoms with Gasteiger partial charge in [0.15, 0.2) is 5.17 Å². The van der Waals surface area contributed by atoms with E-state index in [9.17, 15) is 0 Å². The number of aliphatic imine (C=N–C) groups is 1. The second-order valence-electron chi connectivity index (χ2n) is 6.67. The molecule has 0 bridgehead atoms. The van der Waals surface area contributed by atoms with Crippen molar-refractivity contribution in [1.82, 2.24) is 9.99 Å². The molecule has 1 aliphatic rings. The third-order valence-electron chi connectivity index (χ3n) is 4.74. The number of nitrogens with one attached hydrogen (secondary N) is 1. The fraction of sp³-hybridized carbons (Fsp3) is 0.182. The monoisotopic (exact) mass is 424 g/mol. The number of amidine groups is 1. The predicted molar refractivity (Wildman–Crippen MR) is 122 cm³/mol. The molecule has 0 spiro atoms. The lowest BCUT2D eigenvalue weighted by atomic mass is 10.1. The maximum atomic E-state index is 6.03. The van der Waals surface area contributed by atoms with Gasteiger partial charge < -0.3 is 9.30 Å². The van der Waals surface area contributed by atoms with Crippen molar-refractivity contribution in [3.63, 3.8) is 0 Å². The Morgan fingerprint density at radius 1 is 1.14 bits per heavy atom. The second-order valence-corrected chi connectivity index (χ2v) is 8.07. The number of ether oxygens (including phenoxy) is 1. The lowest BCUT2D eigenvalue weighted by Gasteiger charge is -2.15. The van der Waals surface area contributed by atoms with Gasteiger partial charge in [-0.1, -0.05) is 29.4 Å². The Bertz CT molecular complexity index is 1100. The number of hydrogen-bond donors (Lipinski definition) is 1. The van der Waals surface area contributed by atoms with Crippen LogP contribution < -0.4 is 10.2 Å². The highest BCUT2D eigenvalue weighted by Gasteiger charge is 2.19. The topological polar surface area (TPSA) is 50.9 Å². The number of thioether (sulfide) groups is 1. The van der Waals surface area contributed by atoms with Crippen LogP contribution in [-0.2, 0) is 0 Å². The predicted octanol–water partition coefficient (Wildman–Crippen LogP) is 5.48. The third-order valence-corrected chi connectivity index (χ3v) is 5.85. The van der Waals surface area contributed by atoms with Crippen molar-refractivity contribution in [1.29, 1.82) is 0 Å². The highest BCUT2D eigenvalue weighted by atomic mass is 35.5. The summed E-state index contributed by atoms with van der Waals surface area (Å²) in [6, 6.07) is 17.7. The summed E-state index contributed by atoms with van der Waals surface area (Å²) in [4.78, 5) is 4.58. The summed E-state index contributed by atoms with van der Waals surface area (Å²) in [5, 5.41) is 6.02. The molecule has 4 rings (SSSR count). The summed E-state index contributed by atoms with van der Waals surface area (Å²) < 4.78 is 7.50. The zero-order chi connectivity index (χ0) is 20.4. The van der Waals surface area contributed by atoms with Gasteiger partial charge in [0.2, 0.25) is 0 Å². The van der Waals surface area contributed by atoms with Crippen LogP contribution in [0.1, 0.15) is 17.0 Å². The van der Waals surface area contributed by atoms with Crippen LogP contribution in [0.2, 0.25) is 5.02 Å². The van der Waals surface area contributed by atoms with E-state index in [-0.39, 0.29) is 0 Å². The summed E-state index contributed by atoms with van der Waals surface area (Å²) in [5.74, 6) is 1.60. The molecule has 148 valence electrons. The van der Waals surface area contributed by atoms with E-state index < -0.39 is 0 Å². The van der Waals surface area contributed by atoms with E-state index in [1.807, 2.05) is 36.4 Å². The molecule has 1 N–H and O–H groups in total. The zero-order valence-corrected chi connectivity index (χ0v) is 18.0. The molecular weight excluding hydrogens is 404 g/mol. The fourth-order valence-corrected chi connectivity index (χ4v) is 4.32. The van der Waals surface area contributed by atoms with Crippen LogP contribution in [0.5, 0.6) is 5.75 Å². The minimum Gasteiger partial charge on any atom is -0.497 e. The Balaban J connectivity index is 1.59. The van der Waals surface area contributed by atoms with Gasteiger partial charge in [-0.25, -0.2) is 4.99 Å². The molecule has 1 aliphatic heterocycles. The van der Waals surface area contributed by atoms with Gasteiger partial charge in [-0.05, 0) is 62.4 Å². The molecule has 7 heteroatoms. The first-order chi connectivity index (χ1) is 14.0. The number of benzene rings is 2. The quantitative estimate of drug-likeness (QED) is 0.602. The summed E-state index contributed by atoms with van der Waals surface area (Å²) >= 11 is 7.67. The number of rotatable bonds is 4. The van der Waals surface area contributed by atoms with Crippen LogP contribution in [0.4, 0.5) is 5.69 Å². The molecule has 5 nitrogen and oxygen atoms in total. The number of nitrogens with zero attached hydrogens (tertiary/aromatic N) is 3. The van der Waals surface area contributed by atoms with Crippen LogP contribution in [-0.4, -0.2) is 28.3 Å². The molecule has 29 heavy (non-hydrogen) atoms. The molecule has 0 amide bonds. The summed E-state index contributed by atoms with van der Waals surface area (Å²) in [5.41, 5.74) is 9.46. The van der Waals surface area contributed by atoms with Crippen molar-refractivity contribution in [2.75, 3.05) is 12.9 Å². The molecule has 0 saturated carbocycles. The number of hydrazone groups is 1. The van der Waals surface area contributed by atoms with E-state index in [1.54, 1.807) is 18.9 Å². The molecule has 0 aliphatic carbocycles. The molecular formula is C22H21ClN4OS. The molecule has 0 saturated heterocycles. The lowest BCUT2D eigenvalue weighted by molar-refractivity contribution is 0.414. The van der Waals surface area contributed by atoms with Gasteiger partial charge >= 0.3 is 0 Å². The van der Waals surface area contributed by atoms with Gasteiger partial charge in [0.25, 0.3) is 0 Å². The molecule has 2 aromatic carbocycles. The van der Waals surface area contributed by atoms with Crippen LogP contribution in [0.15, 0.2) is 64.7 Å². The SMILES string of the molecule is COc1ccc(-n2c(C)cc(C3=NNC(=Nc4cccc(Cl)c4)SC3)c2C)cc1. The van der Waals surface area contributed by atoms with E-state index in [0.29, 0.717) is 5.02 Å². The smallest absolute Gasteiger partial charge is 0.182 e. The van der Waals surface area contributed by atoms with Crippen molar-refractivity contribution in [2.24, 2.45) is 10.1 Å². The van der Waals surface area contributed by atoms with Crippen LogP contribution in [0, 0.1) is 13.8 Å². The van der Waals surface area contributed by atoms with E-state index in [1.165, 1.54) is 0 Å². The van der Waals surface area contributed by atoms with Crippen molar-refractivity contribution >= 4 is 39.9 Å². The molecule has 2 heterocycles. The minimum atomic E-state index is 0.669. The van der Waals surface area contributed by atoms with Crippen molar-refractivity contribution < 1.29 is 4.74 Å². The summed E-state index contributed by atoms with van der Waals surface area (Å²) in [6.07, 6.45) is 0. The van der Waals surface area contributed by atoms with E-state index in [0.717, 1.165) is 50.7 Å². The van der Waals surface area contributed by atoms with Gasteiger partial charge in [-0.3, -0.25) is 5.43 Å². The van der Waals surface area contributed by atoms with Gasteiger partial charge in [0.05, 0.1) is 18.5 Å². The summed E-state index contributed by atoms with van der Waals surface area (Å²) in [7, 11) is 1.68. The highest BCUT2D eigenvalue weighted by Crippen LogP contribution is 2.26. The first kappa shape index (κ1) is 19.6. The minimum absolute atomic E-state index is 0.669. The first-order valence-corrected chi connectivity index (χ1v) is 10.5. The van der Waals surface area contributed by atoms with Crippen molar-refractivity contribution in [3.8, 4) is 11.4 Å². The highest BCUT2D eigenvalue weighted by molar-refractivity contribution is 8.14. The Hall–Kier alpha value is -2.70. The second kappa shape index (κ2) is 8.35. The van der Waals surface area contributed by atoms with E-state index >= 15 is 0 Å². The Morgan fingerprint density at radius 2 is 1.93 bits per heavy atom. The lowest BCUT2D eigenvalue weighted by Crippen LogP contribution is -2.25. The third kappa shape index (κ3) is 4.18. The molecule has 3 aromatic rings. The molecule has 0 atom stereocenters. The van der Waals surface area contributed by atoms with Gasteiger partial charge in [-0.15, -0.1) is 0 Å². The van der Waals surface area contributed by atoms with Gasteiger partial charge in [0.1, 0.15) is 5.75 Å². The van der Waals surface area contributed by atoms with E-state index in [2.05, 4.69) is 52.1 Å². The average Bonchev–Trinajstić information content (AvgIpc) is 3.03. The molecule has 0 unspecified atom stereocenters. The fourth-order valence-electron chi connectivity index (χ4n) is 3.36. The molecule has 1 aromatic heterocycles. The maximum Gasteiger partial charge on any atom is 0.182 e. The first-order valence-electron chi connectivity index (χ1n) is 9.18. The van der Waals surface area contributed by atoms with Gasteiger partial charge in [-0.2, -0.15) is 5.10 Å². The standard InChI is InChI=1S/C22H21ClN4OS/c1-14-11-20(15(2)27(14)18-7-9-19(28-3)10-8-18)21-13-29-22(26-25-21)24-17-6-4-5-16(23)12-17/h4-12H,13H2,1-3H3,(H,24,26). The Labute approximate surface area is 179 Å². The zero-order valence-electron chi connectivity index (χ0n) is 16.4. The van der Waals surface area contributed by atoms with Crippen molar-refractivity contribution in [2.45, 2.75) is 13.8 Å². The summed E-state index contributed by atoms with van der Waals surface area (Å²) in [6.45, 7) is 4.23. The molecule has 0 fully saturated rings. The Kier molecular flexibility index (Phi) is 5.65. The maximum absolute atomic E-state index is 6.03. The van der Waals surface area contributed by atoms with E-state index in [4.69, 9.17) is 16.3 Å². The Morgan fingerprint density at radius 3 is 2.59 bits per heavy atom. The van der Waals surface area contributed by atoms with Crippen LogP contribution in [0.25, 0.3) is 5.69 Å².